The van der Waals surface area contributed by atoms with E-state index in [-0.39, 0.29) is 5.92 Å². The van der Waals surface area contributed by atoms with Gasteiger partial charge in [0.15, 0.2) is 0 Å². The summed E-state index contributed by atoms with van der Waals surface area (Å²) in [4.78, 5) is 22.0. The number of nitrogens with zero attached hydrogens (tertiary/aromatic N) is 3. The molecule has 0 bridgehead atoms. The van der Waals surface area contributed by atoms with E-state index in [9.17, 15) is 4.79 Å². The summed E-state index contributed by atoms with van der Waals surface area (Å²) in [7, 11) is 0. The van der Waals surface area contributed by atoms with Crippen LogP contribution in [0.1, 0.15) is 46.1 Å². The molecule has 3 aromatic heterocycles. The van der Waals surface area contributed by atoms with E-state index < -0.39 is 11.7 Å². The zero-order valence-corrected chi connectivity index (χ0v) is 15.3. The molecule has 0 radical (unpaired) electrons. The predicted octanol–water partition coefficient (Wildman–Crippen LogP) is 5.00. The van der Waals surface area contributed by atoms with Crippen LogP contribution in [0, 0.1) is 0 Å². The summed E-state index contributed by atoms with van der Waals surface area (Å²) in [5, 5.41) is 0. The fourth-order valence-electron chi connectivity index (χ4n) is 2.94. The van der Waals surface area contributed by atoms with Crippen molar-refractivity contribution in [2.45, 2.75) is 46.1 Å². The topological polar surface area (TPSA) is 57.0 Å². The Bertz CT molecular complexity index is 906. The van der Waals surface area contributed by atoms with Gasteiger partial charge in [0.05, 0.1) is 22.4 Å². The third-order valence-corrected chi connectivity index (χ3v) is 3.82. The highest BCUT2D eigenvalue weighted by Crippen LogP contribution is 2.36. The summed E-state index contributed by atoms with van der Waals surface area (Å²) >= 11 is 0. The fourth-order valence-corrected chi connectivity index (χ4v) is 2.94. The molecule has 3 aromatic rings. The van der Waals surface area contributed by atoms with Gasteiger partial charge in [0.25, 0.3) is 0 Å². The van der Waals surface area contributed by atoms with Crippen LogP contribution in [0.25, 0.3) is 22.4 Å². The van der Waals surface area contributed by atoms with Gasteiger partial charge >= 0.3 is 6.09 Å². The third kappa shape index (κ3) is 3.27. The van der Waals surface area contributed by atoms with Gasteiger partial charge in [0, 0.05) is 18.0 Å². The van der Waals surface area contributed by atoms with E-state index in [1.54, 1.807) is 17.0 Å². The maximum atomic E-state index is 13.0. The number of ether oxygens (including phenoxy) is 1. The quantitative estimate of drug-likeness (QED) is 0.660. The predicted molar refractivity (Wildman–Crippen MR) is 98.7 cm³/mol. The summed E-state index contributed by atoms with van der Waals surface area (Å²) in [5.41, 5.74) is 3.44. The maximum Gasteiger partial charge on any atom is 0.419 e. The summed E-state index contributed by atoms with van der Waals surface area (Å²) < 4.78 is 7.26. The second kappa shape index (κ2) is 6.31. The molecule has 130 valence electrons. The number of pyridine rings is 2. The van der Waals surface area contributed by atoms with Crippen LogP contribution in [-0.4, -0.2) is 26.2 Å². The molecule has 0 aromatic carbocycles. The van der Waals surface area contributed by atoms with Crippen LogP contribution >= 0.6 is 0 Å². The number of carbonyl (C=O) groups is 1. The third-order valence-electron chi connectivity index (χ3n) is 3.82. The van der Waals surface area contributed by atoms with Gasteiger partial charge in [-0.15, -0.1) is 0 Å². The van der Waals surface area contributed by atoms with Crippen molar-refractivity contribution in [3.63, 3.8) is 0 Å². The molecule has 25 heavy (non-hydrogen) atoms. The van der Waals surface area contributed by atoms with E-state index in [1.165, 1.54) is 0 Å². The molecule has 0 unspecified atom stereocenters. The van der Waals surface area contributed by atoms with Gasteiger partial charge in [-0.25, -0.2) is 9.36 Å². The monoisotopic (exact) mass is 337 g/mol. The van der Waals surface area contributed by atoms with Crippen molar-refractivity contribution in [2.24, 2.45) is 0 Å². The molecule has 0 N–H and O–H groups in total. The summed E-state index contributed by atoms with van der Waals surface area (Å²) in [6.07, 6.45) is 3.05. The summed E-state index contributed by atoms with van der Waals surface area (Å²) in [5.74, 6) is 0.179. The first-order valence-electron chi connectivity index (χ1n) is 8.43. The SMILES string of the molecule is CC(C)c1c(-c2ccccn2)n(C(=O)OC(C)(C)C)c2cccnc12. The smallest absolute Gasteiger partial charge is 0.419 e. The van der Waals surface area contributed by atoms with E-state index >= 15 is 0 Å². The average molecular weight is 337 g/mol. The van der Waals surface area contributed by atoms with Crippen molar-refractivity contribution in [1.82, 2.24) is 14.5 Å². The van der Waals surface area contributed by atoms with Gasteiger partial charge in [-0.1, -0.05) is 19.9 Å². The Morgan fingerprint density at radius 3 is 2.40 bits per heavy atom. The van der Waals surface area contributed by atoms with E-state index in [0.29, 0.717) is 0 Å². The van der Waals surface area contributed by atoms with Crippen LogP contribution < -0.4 is 0 Å². The molecule has 0 fully saturated rings. The average Bonchev–Trinajstić information content (AvgIpc) is 2.89. The minimum absolute atomic E-state index is 0.179. The van der Waals surface area contributed by atoms with Gasteiger partial charge in [-0.2, -0.15) is 0 Å². The molecule has 0 aliphatic heterocycles. The molecule has 5 heteroatoms. The highest BCUT2D eigenvalue weighted by Gasteiger charge is 2.28. The largest absolute Gasteiger partial charge is 0.443 e. The van der Waals surface area contributed by atoms with Crippen molar-refractivity contribution < 1.29 is 9.53 Å². The van der Waals surface area contributed by atoms with Crippen LogP contribution in [0.4, 0.5) is 4.79 Å². The zero-order valence-electron chi connectivity index (χ0n) is 15.3. The van der Waals surface area contributed by atoms with Crippen molar-refractivity contribution in [2.75, 3.05) is 0 Å². The number of rotatable bonds is 2. The maximum absolute atomic E-state index is 13.0. The Kier molecular flexibility index (Phi) is 4.33. The van der Waals surface area contributed by atoms with Crippen LogP contribution in [0.5, 0.6) is 0 Å². The number of aromatic nitrogens is 3. The number of hydrogen-bond donors (Lipinski definition) is 0. The van der Waals surface area contributed by atoms with Crippen molar-refractivity contribution in [3.05, 3.63) is 48.3 Å². The molecule has 0 aliphatic carbocycles. The second-order valence-corrected chi connectivity index (χ2v) is 7.32. The molecule has 0 saturated carbocycles. The lowest BCUT2D eigenvalue weighted by Crippen LogP contribution is -2.27. The summed E-state index contributed by atoms with van der Waals surface area (Å²) in [6.45, 7) is 9.76. The van der Waals surface area contributed by atoms with E-state index in [0.717, 1.165) is 28.0 Å². The molecule has 5 nitrogen and oxygen atoms in total. The highest BCUT2D eigenvalue weighted by molar-refractivity contribution is 5.97. The minimum Gasteiger partial charge on any atom is -0.443 e. The molecule has 0 saturated heterocycles. The Hall–Kier alpha value is -2.69. The minimum atomic E-state index is -0.588. The molecule has 0 spiro atoms. The van der Waals surface area contributed by atoms with Crippen molar-refractivity contribution in [1.29, 1.82) is 0 Å². The molecular weight excluding hydrogens is 314 g/mol. The van der Waals surface area contributed by atoms with Crippen LogP contribution in [0.15, 0.2) is 42.7 Å². The molecule has 0 aliphatic rings. The molecule has 3 rings (SSSR count). The number of hydrogen-bond acceptors (Lipinski definition) is 4. The van der Waals surface area contributed by atoms with Gasteiger partial charge < -0.3 is 4.74 Å². The van der Waals surface area contributed by atoms with Gasteiger partial charge in [0.2, 0.25) is 0 Å². The lowest BCUT2D eigenvalue weighted by Gasteiger charge is -2.21. The van der Waals surface area contributed by atoms with Crippen LogP contribution in [0.2, 0.25) is 0 Å². The van der Waals surface area contributed by atoms with Gasteiger partial charge in [0.1, 0.15) is 5.60 Å². The lowest BCUT2D eigenvalue weighted by molar-refractivity contribution is 0.0547. The summed E-state index contributed by atoms with van der Waals surface area (Å²) in [6, 6.07) is 9.40. The number of fused-ring (bicyclic) bond motifs is 1. The second-order valence-electron chi connectivity index (χ2n) is 7.32. The Morgan fingerprint density at radius 2 is 1.80 bits per heavy atom. The fraction of sp³-hybridized carbons (Fsp3) is 0.350. The van der Waals surface area contributed by atoms with Crippen molar-refractivity contribution in [3.8, 4) is 11.4 Å². The van der Waals surface area contributed by atoms with Gasteiger partial charge in [-0.05, 0) is 51.0 Å². The Balaban J connectivity index is 2.36. The van der Waals surface area contributed by atoms with Crippen LogP contribution in [-0.2, 0) is 4.74 Å². The first-order valence-corrected chi connectivity index (χ1v) is 8.43. The molecule has 0 atom stereocenters. The molecule has 3 heterocycles. The van der Waals surface area contributed by atoms with E-state index in [2.05, 4.69) is 23.8 Å². The van der Waals surface area contributed by atoms with Gasteiger partial charge in [-0.3, -0.25) is 9.97 Å². The van der Waals surface area contributed by atoms with Crippen molar-refractivity contribution >= 4 is 17.1 Å². The lowest BCUT2D eigenvalue weighted by atomic mass is 10.0. The zero-order chi connectivity index (χ0) is 18.2. The highest BCUT2D eigenvalue weighted by atomic mass is 16.6. The molecule has 0 amide bonds. The standard InChI is InChI=1S/C20H23N3O2/c1-13(2)16-17-15(10-8-12-22-17)23(19(24)25-20(3,4)5)18(16)14-9-6-7-11-21-14/h6-13H,1-5H3. The molecular formula is C20H23N3O2. The number of carbonyl (C=O) groups excluding carboxylic acids is 1. The van der Waals surface area contributed by atoms with Crippen LogP contribution in [0.3, 0.4) is 0 Å². The van der Waals surface area contributed by atoms with E-state index in [1.807, 2.05) is 51.1 Å². The Morgan fingerprint density at radius 1 is 1.08 bits per heavy atom. The first-order chi connectivity index (χ1) is 11.8. The Labute approximate surface area is 147 Å². The first kappa shape index (κ1) is 17.1. The normalized spacial score (nSPS) is 11.9. The van der Waals surface area contributed by atoms with E-state index in [4.69, 9.17) is 4.74 Å².